The first-order valence-corrected chi connectivity index (χ1v) is 5.64. The number of ether oxygens (including phenoxy) is 1. The standard InChI is InChI=1S/C11H22N2O/c1-9(10-4-5-12-6-10)13-7-11(2,8-13)14-3/h9-10,12H,4-8H2,1-3H3. The molecule has 2 heterocycles. The first-order valence-electron chi connectivity index (χ1n) is 5.64. The Kier molecular flexibility index (Phi) is 2.82. The lowest BCUT2D eigenvalue weighted by molar-refractivity contribution is -0.130. The first kappa shape index (κ1) is 10.4. The molecule has 2 rings (SSSR count). The Morgan fingerprint density at radius 2 is 2.21 bits per heavy atom. The molecule has 0 saturated carbocycles. The molecule has 0 aromatic rings. The van der Waals surface area contributed by atoms with Crippen molar-refractivity contribution in [3.63, 3.8) is 0 Å². The molecule has 0 spiro atoms. The van der Waals surface area contributed by atoms with Crippen molar-refractivity contribution in [1.82, 2.24) is 10.2 Å². The van der Waals surface area contributed by atoms with Crippen LogP contribution in [0.1, 0.15) is 20.3 Å². The van der Waals surface area contributed by atoms with E-state index in [2.05, 4.69) is 24.1 Å². The molecule has 2 saturated heterocycles. The number of hydrogen-bond donors (Lipinski definition) is 1. The highest BCUT2D eigenvalue weighted by Crippen LogP contribution is 2.29. The predicted molar refractivity (Wildman–Crippen MR) is 57.4 cm³/mol. The second-order valence-electron chi connectivity index (χ2n) is 5.05. The minimum absolute atomic E-state index is 0.125. The Labute approximate surface area is 86.8 Å². The fourth-order valence-corrected chi connectivity index (χ4v) is 2.62. The van der Waals surface area contributed by atoms with Gasteiger partial charge in [0.05, 0.1) is 5.60 Å². The molecule has 1 N–H and O–H groups in total. The Morgan fingerprint density at radius 3 is 2.71 bits per heavy atom. The molecule has 0 aromatic carbocycles. The number of rotatable bonds is 3. The maximum Gasteiger partial charge on any atom is 0.0903 e. The summed E-state index contributed by atoms with van der Waals surface area (Å²) in [7, 11) is 1.82. The zero-order chi connectivity index (χ0) is 10.2. The summed E-state index contributed by atoms with van der Waals surface area (Å²) in [6.45, 7) is 9.14. The number of nitrogens with one attached hydrogen (secondary N) is 1. The zero-order valence-electron chi connectivity index (χ0n) is 9.55. The average molecular weight is 198 g/mol. The van der Waals surface area contributed by atoms with E-state index in [1.165, 1.54) is 19.5 Å². The van der Waals surface area contributed by atoms with Crippen LogP contribution in [0.2, 0.25) is 0 Å². The van der Waals surface area contributed by atoms with Crippen LogP contribution in [0.25, 0.3) is 0 Å². The van der Waals surface area contributed by atoms with E-state index in [-0.39, 0.29) is 5.60 Å². The number of likely N-dealkylation sites (tertiary alicyclic amines) is 1. The van der Waals surface area contributed by atoms with Crippen LogP contribution in [0.3, 0.4) is 0 Å². The topological polar surface area (TPSA) is 24.5 Å². The minimum atomic E-state index is 0.125. The van der Waals surface area contributed by atoms with Gasteiger partial charge in [-0.2, -0.15) is 0 Å². The van der Waals surface area contributed by atoms with E-state index in [0.717, 1.165) is 19.0 Å². The number of hydrogen-bond acceptors (Lipinski definition) is 3. The molecule has 3 nitrogen and oxygen atoms in total. The van der Waals surface area contributed by atoms with Gasteiger partial charge in [-0.25, -0.2) is 0 Å². The van der Waals surface area contributed by atoms with Crippen LogP contribution >= 0.6 is 0 Å². The van der Waals surface area contributed by atoms with Crippen molar-refractivity contribution < 1.29 is 4.74 Å². The summed E-state index contributed by atoms with van der Waals surface area (Å²) in [5.41, 5.74) is 0.125. The number of methoxy groups -OCH3 is 1. The maximum absolute atomic E-state index is 5.46. The van der Waals surface area contributed by atoms with Crippen LogP contribution in [0, 0.1) is 5.92 Å². The second kappa shape index (κ2) is 3.80. The lowest BCUT2D eigenvalue weighted by Gasteiger charge is -2.51. The van der Waals surface area contributed by atoms with Gasteiger partial charge in [-0.05, 0) is 39.3 Å². The third-order valence-corrected chi connectivity index (χ3v) is 3.92. The molecule has 2 fully saturated rings. The molecule has 3 heteroatoms. The molecule has 0 aliphatic carbocycles. The van der Waals surface area contributed by atoms with Gasteiger partial charge >= 0.3 is 0 Å². The summed E-state index contributed by atoms with van der Waals surface area (Å²) in [4.78, 5) is 2.54. The third kappa shape index (κ3) is 1.81. The van der Waals surface area contributed by atoms with E-state index >= 15 is 0 Å². The Bertz CT molecular complexity index is 195. The number of nitrogens with zero attached hydrogens (tertiary/aromatic N) is 1. The average Bonchev–Trinajstić information content (AvgIpc) is 2.64. The van der Waals surface area contributed by atoms with E-state index in [0.29, 0.717) is 6.04 Å². The van der Waals surface area contributed by atoms with E-state index in [1.54, 1.807) is 0 Å². The highest BCUT2D eigenvalue weighted by Gasteiger charge is 2.42. The smallest absolute Gasteiger partial charge is 0.0903 e. The normalized spacial score (nSPS) is 34.1. The highest BCUT2D eigenvalue weighted by molar-refractivity contribution is 4.97. The summed E-state index contributed by atoms with van der Waals surface area (Å²) in [5, 5.41) is 3.43. The quantitative estimate of drug-likeness (QED) is 0.722. The molecule has 2 atom stereocenters. The highest BCUT2D eigenvalue weighted by atomic mass is 16.5. The zero-order valence-corrected chi connectivity index (χ0v) is 9.55. The van der Waals surface area contributed by atoms with Crippen LogP contribution in [0.15, 0.2) is 0 Å². The van der Waals surface area contributed by atoms with Crippen LogP contribution < -0.4 is 5.32 Å². The van der Waals surface area contributed by atoms with E-state index < -0.39 is 0 Å². The molecule has 82 valence electrons. The van der Waals surface area contributed by atoms with Crippen molar-refractivity contribution in [2.75, 3.05) is 33.3 Å². The van der Waals surface area contributed by atoms with Crippen LogP contribution in [0.4, 0.5) is 0 Å². The van der Waals surface area contributed by atoms with Gasteiger partial charge in [0, 0.05) is 26.2 Å². The summed E-state index contributed by atoms with van der Waals surface area (Å²) < 4.78 is 5.46. The van der Waals surface area contributed by atoms with Gasteiger partial charge in [0.25, 0.3) is 0 Å². The Morgan fingerprint density at radius 1 is 1.50 bits per heavy atom. The third-order valence-electron chi connectivity index (χ3n) is 3.92. The predicted octanol–water partition coefficient (Wildman–Crippen LogP) is 0.705. The van der Waals surface area contributed by atoms with Crippen LogP contribution in [-0.2, 0) is 4.74 Å². The summed E-state index contributed by atoms with van der Waals surface area (Å²) in [6.07, 6.45) is 1.33. The Balaban J connectivity index is 1.80. The van der Waals surface area contributed by atoms with Crippen LogP contribution in [-0.4, -0.2) is 49.8 Å². The molecule has 14 heavy (non-hydrogen) atoms. The SMILES string of the molecule is COC1(C)CN(C(C)C2CCNC2)C1. The molecular formula is C11H22N2O. The fourth-order valence-electron chi connectivity index (χ4n) is 2.62. The molecule has 2 aliphatic rings. The van der Waals surface area contributed by atoms with Gasteiger partial charge in [0.2, 0.25) is 0 Å². The van der Waals surface area contributed by atoms with Gasteiger partial charge in [0.15, 0.2) is 0 Å². The van der Waals surface area contributed by atoms with Crippen molar-refractivity contribution in [1.29, 1.82) is 0 Å². The van der Waals surface area contributed by atoms with Gasteiger partial charge in [-0.1, -0.05) is 0 Å². The monoisotopic (exact) mass is 198 g/mol. The Hall–Kier alpha value is -0.120. The van der Waals surface area contributed by atoms with E-state index in [4.69, 9.17) is 4.74 Å². The molecule has 0 bridgehead atoms. The fraction of sp³-hybridized carbons (Fsp3) is 1.00. The molecular weight excluding hydrogens is 176 g/mol. The minimum Gasteiger partial charge on any atom is -0.376 e. The lowest BCUT2D eigenvalue weighted by Crippen LogP contribution is -2.64. The van der Waals surface area contributed by atoms with Gasteiger partial charge < -0.3 is 10.1 Å². The molecule has 0 aromatic heterocycles. The maximum atomic E-state index is 5.46. The summed E-state index contributed by atoms with van der Waals surface area (Å²) >= 11 is 0. The lowest BCUT2D eigenvalue weighted by atomic mass is 9.89. The summed E-state index contributed by atoms with van der Waals surface area (Å²) in [5.74, 6) is 0.844. The largest absolute Gasteiger partial charge is 0.376 e. The van der Waals surface area contributed by atoms with Crippen molar-refractivity contribution >= 4 is 0 Å². The second-order valence-corrected chi connectivity index (χ2v) is 5.05. The first-order chi connectivity index (χ1) is 6.64. The van der Waals surface area contributed by atoms with E-state index in [1.807, 2.05) is 7.11 Å². The summed E-state index contributed by atoms with van der Waals surface area (Å²) in [6, 6.07) is 0.716. The molecule has 0 amide bonds. The van der Waals surface area contributed by atoms with Gasteiger partial charge in [-0.15, -0.1) is 0 Å². The van der Waals surface area contributed by atoms with Crippen LogP contribution in [0.5, 0.6) is 0 Å². The van der Waals surface area contributed by atoms with Gasteiger partial charge in [-0.3, -0.25) is 4.90 Å². The van der Waals surface area contributed by atoms with Crippen molar-refractivity contribution in [2.24, 2.45) is 5.92 Å². The van der Waals surface area contributed by atoms with Crippen molar-refractivity contribution in [3.05, 3.63) is 0 Å². The van der Waals surface area contributed by atoms with E-state index in [9.17, 15) is 0 Å². The van der Waals surface area contributed by atoms with Crippen molar-refractivity contribution in [3.8, 4) is 0 Å². The molecule has 2 aliphatic heterocycles. The molecule has 2 unspecified atom stereocenters. The molecule has 0 radical (unpaired) electrons. The van der Waals surface area contributed by atoms with Crippen molar-refractivity contribution in [2.45, 2.75) is 31.9 Å². The van der Waals surface area contributed by atoms with Gasteiger partial charge in [0.1, 0.15) is 0 Å².